The van der Waals surface area contributed by atoms with Gasteiger partial charge in [0.2, 0.25) is 5.91 Å². The average molecular weight is 261 g/mol. The maximum Gasteiger partial charge on any atom is 0.226 e. The van der Waals surface area contributed by atoms with Gasteiger partial charge in [-0.25, -0.2) is 0 Å². The van der Waals surface area contributed by atoms with Crippen molar-refractivity contribution < 1.29 is 4.79 Å². The maximum absolute atomic E-state index is 12.5. The van der Waals surface area contributed by atoms with E-state index in [0.29, 0.717) is 18.0 Å². The van der Waals surface area contributed by atoms with Crippen molar-refractivity contribution >= 4 is 18.3 Å². The molecule has 0 radical (unpaired) electrons. The molecule has 0 aromatic heterocycles. The summed E-state index contributed by atoms with van der Waals surface area (Å²) in [7, 11) is 0. The number of nitrogens with zero attached hydrogens (tertiary/aromatic N) is 1. The molecule has 0 aromatic carbocycles. The summed E-state index contributed by atoms with van der Waals surface area (Å²) >= 11 is 0. The molecule has 2 heterocycles. The van der Waals surface area contributed by atoms with Gasteiger partial charge < -0.3 is 10.2 Å². The van der Waals surface area contributed by atoms with Gasteiger partial charge in [0.15, 0.2) is 0 Å². The number of carbonyl (C=O) groups is 1. The number of halogens is 1. The zero-order valence-corrected chi connectivity index (χ0v) is 11.8. The molecule has 2 saturated heterocycles. The zero-order chi connectivity index (χ0) is 11.5. The molecule has 2 fully saturated rings. The Balaban J connectivity index is 0.00000144. The first-order valence-electron chi connectivity index (χ1n) is 6.73. The number of nitrogens with one attached hydrogen (secondary N) is 1. The third-order valence-corrected chi connectivity index (χ3v) is 4.14. The van der Waals surface area contributed by atoms with Gasteiger partial charge in [0.05, 0.1) is 0 Å². The van der Waals surface area contributed by atoms with Crippen LogP contribution in [0.4, 0.5) is 0 Å². The van der Waals surface area contributed by atoms with Gasteiger partial charge >= 0.3 is 0 Å². The topological polar surface area (TPSA) is 32.3 Å². The van der Waals surface area contributed by atoms with E-state index < -0.39 is 0 Å². The van der Waals surface area contributed by atoms with Crippen LogP contribution in [0.3, 0.4) is 0 Å². The Kier molecular flexibility index (Phi) is 5.74. The largest absolute Gasteiger partial charge is 0.337 e. The minimum Gasteiger partial charge on any atom is -0.337 e. The van der Waals surface area contributed by atoms with E-state index in [-0.39, 0.29) is 18.3 Å². The first-order valence-corrected chi connectivity index (χ1v) is 6.73. The van der Waals surface area contributed by atoms with E-state index in [2.05, 4.69) is 24.1 Å². The fraction of sp³-hybridized carbons (Fsp3) is 0.923. The Morgan fingerprint density at radius 1 is 1.06 bits per heavy atom. The van der Waals surface area contributed by atoms with Crippen molar-refractivity contribution in [3.05, 3.63) is 0 Å². The summed E-state index contributed by atoms with van der Waals surface area (Å²) < 4.78 is 0. The fourth-order valence-corrected chi connectivity index (χ4v) is 3.14. The minimum absolute atomic E-state index is 0. The van der Waals surface area contributed by atoms with Gasteiger partial charge in [-0.3, -0.25) is 4.79 Å². The molecular formula is C13H25ClN2O. The molecule has 2 unspecified atom stereocenters. The smallest absolute Gasteiger partial charge is 0.226 e. The predicted molar refractivity (Wildman–Crippen MR) is 72.5 cm³/mol. The molecule has 100 valence electrons. The molecule has 0 aromatic rings. The van der Waals surface area contributed by atoms with E-state index in [1.54, 1.807) is 0 Å². The molecule has 2 aliphatic rings. The number of likely N-dealkylation sites (tertiary alicyclic amines) is 1. The van der Waals surface area contributed by atoms with Crippen LogP contribution in [-0.4, -0.2) is 36.0 Å². The summed E-state index contributed by atoms with van der Waals surface area (Å²) in [6.45, 7) is 6.42. The number of piperidine rings is 2. The second-order valence-electron chi connectivity index (χ2n) is 5.40. The van der Waals surface area contributed by atoms with Crippen LogP contribution >= 0.6 is 12.4 Å². The highest BCUT2D eigenvalue weighted by atomic mass is 35.5. The number of amides is 1. The van der Waals surface area contributed by atoms with Crippen molar-refractivity contribution in [2.24, 2.45) is 5.92 Å². The predicted octanol–water partition coefficient (Wildman–Crippen LogP) is 2.20. The van der Waals surface area contributed by atoms with Crippen molar-refractivity contribution in [3.63, 3.8) is 0 Å². The highest BCUT2D eigenvalue weighted by Gasteiger charge is 2.33. The Bertz CT molecular complexity index is 244. The van der Waals surface area contributed by atoms with E-state index in [1.807, 2.05) is 0 Å². The van der Waals surface area contributed by atoms with Crippen LogP contribution in [0.5, 0.6) is 0 Å². The molecule has 3 nitrogen and oxygen atoms in total. The molecule has 0 bridgehead atoms. The zero-order valence-electron chi connectivity index (χ0n) is 10.9. The van der Waals surface area contributed by atoms with Crippen molar-refractivity contribution in [3.8, 4) is 0 Å². The van der Waals surface area contributed by atoms with Crippen molar-refractivity contribution in [2.75, 3.05) is 13.1 Å². The van der Waals surface area contributed by atoms with Gasteiger partial charge in [-0.15, -0.1) is 12.4 Å². The highest BCUT2D eigenvalue weighted by molar-refractivity contribution is 5.85. The summed E-state index contributed by atoms with van der Waals surface area (Å²) in [5.74, 6) is 0.699. The Morgan fingerprint density at radius 2 is 1.59 bits per heavy atom. The SMILES string of the molecule is CC1CCCC(C)N1C(=O)C1CCNCC1.Cl. The lowest BCUT2D eigenvalue weighted by Crippen LogP contribution is -2.51. The summed E-state index contributed by atoms with van der Waals surface area (Å²) in [5, 5.41) is 3.32. The number of carbonyl (C=O) groups excluding carboxylic acids is 1. The Morgan fingerprint density at radius 3 is 2.12 bits per heavy atom. The molecule has 4 heteroatoms. The lowest BCUT2D eigenvalue weighted by Gasteiger charge is -2.41. The van der Waals surface area contributed by atoms with E-state index in [9.17, 15) is 4.79 Å². The lowest BCUT2D eigenvalue weighted by atomic mass is 9.91. The van der Waals surface area contributed by atoms with Crippen molar-refractivity contribution in [1.29, 1.82) is 0 Å². The van der Waals surface area contributed by atoms with Gasteiger partial charge in [0, 0.05) is 18.0 Å². The number of rotatable bonds is 1. The third kappa shape index (κ3) is 3.35. The van der Waals surface area contributed by atoms with Crippen LogP contribution in [0.1, 0.15) is 46.0 Å². The molecule has 0 spiro atoms. The second-order valence-corrected chi connectivity index (χ2v) is 5.40. The standard InChI is InChI=1S/C13H24N2O.ClH/c1-10-4-3-5-11(2)15(10)13(16)12-6-8-14-9-7-12;/h10-12,14H,3-9H2,1-2H3;1H. The van der Waals surface area contributed by atoms with Crippen molar-refractivity contribution in [2.45, 2.75) is 58.0 Å². The first-order chi connectivity index (χ1) is 7.70. The molecule has 2 rings (SSSR count). The normalized spacial score (nSPS) is 30.8. The minimum atomic E-state index is 0. The molecule has 1 amide bonds. The fourth-order valence-electron chi connectivity index (χ4n) is 3.14. The van der Waals surface area contributed by atoms with E-state index in [1.165, 1.54) is 19.3 Å². The van der Waals surface area contributed by atoms with Crippen LogP contribution in [0.15, 0.2) is 0 Å². The second kappa shape index (κ2) is 6.60. The average Bonchev–Trinajstić information content (AvgIpc) is 2.30. The monoisotopic (exact) mass is 260 g/mol. The maximum atomic E-state index is 12.5. The summed E-state index contributed by atoms with van der Waals surface area (Å²) in [6.07, 6.45) is 5.68. The van der Waals surface area contributed by atoms with Gasteiger partial charge in [0.25, 0.3) is 0 Å². The van der Waals surface area contributed by atoms with E-state index in [4.69, 9.17) is 0 Å². The highest BCUT2D eigenvalue weighted by Crippen LogP contribution is 2.26. The van der Waals surface area contributed by atoms with Crippen LogP contribution in [-0.2, 0) is 4.79 Å². The summed E-state index contributed by atoms with van der Waals surface area (Å²) in [5.41, 5.74) is 0. The quantitative estimate of drug-likeness (QED) is 0.784. The van der Waals surface area contributed by atoms with E-state index >= 15 is 0 Å². The molecular weight excluding hydrogens is 236 g/mol. The van der Waals surface area contributed by atoms with Crippen LogP contribution in [0.2, 0.25) is 0 Å². The van der Waals surface area contributed by atoms with Gasteiger partial charge in [-0.2, -0.15) is 0 Å². The number of hydrogen-bond acceptors (Lipinski definition) is 2. The number of hydrogen-bond donors (Lipinski definition) is 1. The summed E-state index contributed by atoms with van der Waals surface area (Å²) in [6, 6.07) is 0.900. The Labute approximate surface area is 111 Å². The van der Waals surface area contributed by atoms with Gasteiger partial charge in [0.1, 0.15) is 0 Å². The van der Waals surface area contributed by atoms with Crippen molar-refractivity contribution in [1.82, 2.24) is 10.2 Å². The molecule has 2 atom stereocenters. The Hall–Kier alpha value is -0.280. The van der Waals surface area contributed by atoms with Crippen LogP contribution in [0.25, 0.3) is 0 Å². The summed E-state index contributed by atoms with van der Waals surface area (Å²) in [4.78, 5) is 14.6. The van der Waals surface area contributed by atoms with Gasteiger partial charge in [-0.05, 0) is 59.0 Å². The van der Waals surface area contributed by atoms with Crippen LogP contribution in [0, 0.1) is 5.92 Å². The van der Waals surface area contributed by atoms with E-state index in [0.717, 1.165) is 25.9 Å². The molecule has 0 aliphatic carbocycles. The molecule has 17 heavy (non-hydrogen) atoms. The molecule has 0 saturated carbocycles. The van der Waals surface area contributed by atoms with Crippen LogP contribution < -0.4 is 5.32 Å². The van der Waals surface area contributed by atoms with Gasteiger partial charge in [-0.1, -0.05) is 0 Å². The third-order valence-electron chi connectivity index (χ3n) is 4.14. The molecule has 2 aliphatic heterocycles. The molecule has 1 N–H and O–H groups in total. The first kappa shape index (κ1) is 14.8. The lowest BCUT2D eigenvalue weighted by molar-refractivity contribution is -0.142.